The summed E-state index contributed by atoms with van der Waals surface area (Å²) in [6, 6.07) is 4.22. The third-order valence-corrected chi connectivity index (χ3v) is 4.27. The molecule has 1 aromatic heterocycles. The summed E-state index contributed by atoms with van der Waals surface area (Å²) in [5.74, 6) is 0.0666. The molecule has 3 N–H and O–H groups in total. The van der Waals surface area contributed by atoms with Gasteiger partial charge in [-0.1, -0.05) is 16.8 Å². The van der Waals surface area contributed by atoms with Gasteiger partial charge in [0.15, 0.2) is 0 Å². The molecule has 0 amide bonds. The predicted molar refractivity (Wildman–Crippen MR) is 72.6 cm³/mol. The van der Waals surface area contributed by atoms with Crippen molar-refractivity contribution in [1.82, 2.24) is 5.16 Å². The fourth-order valence-electron chi connectivity index (χ4n) is 1.43. The highest BCUT2D eigenvalue weighted by molar-refractivity contribution is 7.92. The van der Waals surface area contributed by atoms with Gasteiger partial charge in [0, 0.05) is 10.6 Å². The number of rotatable bonds is 3. The van der Waals surface area contributed by atoms with E-state index in [4.69, 9.17) is 21.9 Å². The minimum atomic E-state index is -3.87. The average Bonchev–Trinajstić information content (AvgIpc) is 2.63. The molecule has 0 radical (unpaired) electrons. The molecule has 0 atom stereocenters. The fourth-order valence-corrected chi connectivity index (χ4v) is 2.87. The maximum absolute atomic E-state index is 12.2. The Balaban J connectivity index is 2.43. The molecule has 0 fully saturated rings. The van der Waals surface area contributed by atoms with Crippen LogP contribution >= 0.6 is 11.6 Å². The van der Waals surface area contributed by atoms with Gasteiger partial charge in [-0.05, 0) is 32.0 Å². The lowest BCUT2D eigenvalue weighted by Crippen LogP contribution is -2.15. The van der Waals surface area contributed by atoms with E-state index in [1.807, 2.05) is 0 Å². The van der Waals surface area contributed by atoms with Crippen molar-refractivity contribution in [3.8, 4) is 0 Å². The van der Waals surface area contributed by atoms with E-state index in [0.29, 0.717) is 11.3 Å². The van der Waals surface area contributed by atoms with Crippen LogP contribution in [0.15, 0.2) is 27.6 Å². The van der Waals surface area contributed by atoms with E-state index in [1.54, 1.807) is 13.8 Å². The molecule has 0 aliphatic heterocycles. The van der Waals surface area contributed by atoms with Crippen LogP contribution in [-0.4, -0.2) is 13.6 Å². The summed E-state index contributed by atoms with van der Waals surface area (Å²) in [7, 11) is -3.87. The van der Waals surface area contributed by atoms with Gasteiger partial charge in [-0.25, -0.2) is 13.1 Å². The van der Waals surface area contributed by atoms with Crippen molar-refractivity contribution in [2.24, 2.45) is 0 Å². The van der Waals surface area contributed by atoms with Gasteiger partial charge in [-0.3, -0.25) is 0 Å². The number of nitrogens with one attached hydrogen (secondary N) is 1. The molecule has 0 saturated heterocycles. The molecular weight excluding hydrogens is 290 g/mol. The number of nitrogens with two attached hydrogens (primary N) is 1. The maximum Gasteiger partial charge on any atom is 0.266 e. The van der Waals surface area contributed by atoms with Gasteiger partial charge < -0.3 is 10.3 Å². The first-order chi connectivity index (χ1) is 8.81. The molecule has 0 bridgehead atoms. The Morgan fingerprint density at radius 1 is 1.37 bits per heavy atom. The van der Waals surface area contributed by atoms with Crippen molar-refractivity contribution >= 4 is 33.2 Å². The molecule has 1 heterocycles. The van der Waals surface area contributed by atoms with Crippen LogP contribution in [0.2, 0.25) is 5.02 Å². The number of nitrogens with zero attached hydrogens (tertiary/aromatic N) is 1. The first-order valence-corrected chi connectivity index (χ1v) is 7.18. The second kappa shape index (κ2) is 4.75. The van der Waals surface area contributed by atoms with Crippen LogP contribution in [0.1, 0.15) is 11.3 Å². The van der Waals surface area contributed by atoms with Crippen molar-refractivity contribution < 1.29 is 12.9 Å². The zero-order chi connectivity index (χ0) is 14.2. The Morgan fingerprint density at radius 3 is 2.63 bits per heavy atom. The van der Waals surface area contributed by atoms with E-state index in [9.17, 15) is 8.42 Å². The largest absolute Gasteiger partial charge is 0.398 e. The molecule has 102 valence electrons. The molecule has 2 aromatic rings. The minimum Gasteiger partial charge on any atom is -0.398 e. The van der Waals surface area contributed by atoms with Crippen molar-refractivity contribution in [2.45, 2.75) is 18.7 Å². The molecule has 0 aliphatic rings. The Labute approximate surface area is 115 Å². The molecule has 8 heteroatoms. The van der Waals surface area contributed by atoms with Crippen molar-refractivity contribution in [3.63, 3.8) is 0 Å². The average molecular weight is 302 g/mol. The second-order valence-corrected chi connectivity index (χ2v) is 6.10. The fraction of sp³-hybridized carbons (Fsp3) is 0.182. The molecule has 19 heavy (non-hydrogen) atoms. The zero-order valence-corrected chi connectivity index (χ0v) is 11.8. The minimum absolute atomic E-state index is 0.0666. The summed E-state index contributed by atoms with van der Waals surface area (Å²) < 4.78 is 31.6. The lowest BCUT2D eigenvalue weighted by molar-refractivity contribution is 0.430. The summed E-state index contributed by atoms with van der Waals surface area (Å²) in [6.45, 7) is 3.41. The molecule has 1 aromatic carbocycles. The van der Waals surface area contributed by atoms with Gasteiger partial charge in [0.05, 0.1) is 11.4 Å². The number of halogens is 1. The SMILES string of the molecule is Cc1noc(NS(=O)(=O)c2cc(Cl)ccc2N)c1C. The predicted octanol–water partition coefficient (Wildman–Crippen LogP) is 2.33. The number of benzene rings is 1. The smallest absolute Gasteiger partial charge is 0.266 e. The second-order valence-electron chi connectivity index (χ2n) is 4.01. The summed E-state index contributed by atoms with van der Waals surface area (Å²) >= 11 is 5.78. The number of hydrogen-bond acceptors (Lipinski definition) is 5. The molecular formula is C11H12ClN3O3S. The summed E-state index contributed by atoms with van der Waals surface area (Å²) in [6.07, 6.45) is 0. The van der Waals surface area contributed by atoms with E-state index in [-0.39, 0.29) is 21.5 Å². The number of hydrogen-bond donors (Lipinski definition) is 2. The van der Waals surface area contributed by atoms with Gasteiger partial charge in [-0.2, -0.15) is 0 Å². The van der Waals surface area contributed by atoms with Gasteiger partial charge in [0.1, 0.15) is 4.90 Å². The Bertz CT molecular complexity index is 725. The van der Waals surface area contributed by atoms with Gasteiger partial charge in [-0.15, -0.1) is 0 Å². The van der Waals surface area contributed by atoms with Crippen molar-refractivity contribution in [1.29, 1.82) is 0 Å². The van der Waals surface area contributed by atoms with E-state index in [1.165, 1.54) is 18.2 Å². The van der Waals surface area contributed by atoms with Crippen LogP contribution in [0, 0.1) is 13.8 Å². The molecule has 0 saturated carbocycles. The highest BCUT2D eigenvalue weighted by atomic mass is 35.5. The summed E-state index contributed by atoms with van der Waals surface area (Å²) in [4.78, 5) is -0.103. The van der Waals surface area contributed by atoms with E-state index >= 15 is 0 Å². The summed E-state index contributed by atoms with van der Waals surface area (Å²) in [5, 5.41) is 3.95. The van der Waals surface area contributed by atoms with Crippen molar-refractivity contribution in [3.05, 3.63) is 34.5 Å². The summed E-state index contributed by atoms with van der Waals surface area (Å²) in [5.41, 5.74) is 6.97. The van der Waals surface area contributed by atoms with E-state index in [0.717, 1.165) is 0 Å². The lowest BCUT2D eigenvalue weighted by atomic mass is 10.3. The van der Waals surface area contributed by atoms with Crippen LogP contribution in [-0.2, 0) is 10.0 Å². The van der Waals surface area contributed by atoms with Crippen LogP contribution in [0.5, 0.6) is 0 Å². The molecule has 0 aliphatic carbocycles. The highest BCUT2D eigenvalue weighted by Crippen LogP contribution is 2.26. The van der Waals surface area contributed by atoms with Crippen LogP contribution in [0.25, 0.3) is 0 Å². The topological polar surface area (TPSA) is 98.2 Å². The van der Waals surface area contributed by atoms with E-state index < -0.39 is 10.0 Å². The molecule has 0 unspecified atom stereocenters. The zero-order valence-electron chi connectivity index (χ0n) is 10.3. The first-order valence-electron chi connectivity index (χ1n) is 5.32. The Kier molecular flexibility index (Phi) is 3.42. The molecule has 2 rings (SSSR count). The first kappa shape index (κ1) is 13.7. The van der Waals surface area contributed by atoms with Crippen LogP contribution in [0.3, 0.4) is 0 Å². The number of sulfonamides is 1. The Morgan fingerprint density at radius 2 is 2.05 bits per heavy atom. The van der Waals surface area contributed by atoms with Crippen LogP contribution < -0.4 is 10.5 Å². The lowest BCUT2D eigenvalue weighted by Gasteiger charge is -2.08. The third kappa shape index (κ3) is 2.66. The number of aromatic nitrogens is 1. The highest BCUT2D eigenvalue weighted by Gasteiger charge is 2.21. The number of anilines is 2. The normalized spacial score (nSPS) is 11.5. The number of nitrogen functional groups attached to an aromatic ring is 1. The Hall–Kier alpha value is -1.73. The molecule has 6 nitrogen and oxygen atoms in total. The third-order valence-electron chi connectivity index (χ3n) is 2.65. The van der Waals surface area contributed by atoms with Crippen LogP contribution in [0.4, 0.5) is 11.6 Å². The molecule has 0 spiro atoms. The van der Waals surface area contributed by atoms with Crippen molar-refractivity contribution in [2.75, 3.05) is 10.5 Å². The quantitative estimate of drug-likeness (QED) is 0.848. The van der Waals surface area contributed by atoms with Gasteiger partial charge in [0.25, 0.3) is 10.0 Å². The monoisotopic (exact) mass is 301 g/mol. The number of aryl methyl sites for hydroxylation is 1. The van der Waals surface area contributed by atoms with Gasteiger partial charge in [0.2, 0.25) is 5.88 Å². The van der Waals surface area contributed by atoms with E-state index in [2.05, 4.69) is 9.88 Å². The van der Waals surface area contributed by atoms with Gasteiger partial charge >= 0.3 is 0 Å². The maximum atomic E-state index is 12.2. The standard InChI is InChI=1S/C11H12ClN3O3S/c1-6-7(2)14-18-11(6)15-19(16,17)10-5-8(12)3-4-9(10)13/h3-5,15H,13H2,1-2H3.